The van der Waals surface area contributed by atoms with Gasteiger partial charge in [0.2, 0.25) is 11.8 Å². The van der Waals surface area contributed by atoms with E-state index >= 15 is 0 Å². The van der Waals surface area contributed by atoms with Crippen LogP contribution in [0, 0.1) is 5.41 Å². The second kappa shape index (κ2) is 8.78. The van der Waals surface area contributed by atoms with E-state index in [1.54, 1.807) is 0 Å². The van der Waals surface area contributed by atoms with Gasteiger partial charge in [0.1, 0.15) is 6.61 Å². The van der Waals surface area contributed by atoms with E-state index < -0.39 is 0 Å². The Kier molecular flexibility index (Phi) is 5.95. The number of amides is 2. The summed E-state index contributed by atoms with van der Waals surface area (Å²) in [5.74, 6) is 0.279. The molecule has 2 fully saturated rings. The molecule has 4 rings (SSSR count). The van der Waals surface area contributed by atoms with E-state index in [9.17, 15) is 9.59 Å². The molecule has 1 spiro atoms. The lowest BCUT2D eigenvalue weighted by Crippen LogP contribution is -2.45. The standard InChI is InChI=1S/C24H28N2O3/c27-22-15-24(19-26(22)16-20-7-3-1-4-8-20)11-13-25(14-12-24)23(28)18-29-17-21-9-5-2-6-10-21/h1-10H,11-19H2. The summed E-state index contributed by atoms with van der Waals surface area (Å²) in [6.45, 7) is 3.46. The van der Waals surface area contributed by atoms with E-state index in [0.29, 0.717) is 32.7 Å². The van der Waals surface area contributed by atoms with Crippen molar-refractivity contribution in [2.24, 2.45) is 5.41 Å². The predicted octanol–water partition coefficient (Wildman–Crippen LogP) is 3.24. The molecular weight excluding hydrogens is 364 g/mol. The minimum Gasteiger partial charge on any atom is -0.367 e. The molecule has 2 aliphatic heterocycles. The first-order valence-electron chi connectivity index (χ1n) is 10.3. The number of piperidine rings is 1. The second-order valence-electron chi connectivity index (χ2n) is 8.27. The Bertz CT molecular complexity index is 830. The number of rotatable bonds is 6. The molecule has 0 unspecified atom stereocenters. The van der Waals surface area contributed by atoms with E-state index in [4.69, 9.17) is 4.74 Å². The Morgan fingerprint density at radius 1 is 0.931 bits per heavy atom. The van der Waals surface area contributed by atoms with E-state index in [1.807, 2.05) is 58.3 Å². The van der Waals surface area contributed by atoms with Crippen molar-refractivity contribution in [2.45, 2.75) is 32.4 Å². The van der Waals surface area contributed by atoms with Crippen LogP contribution in [0.15, 0.2) is 60.7 Å². The van der Waals surface area contributed by atoms with Gasteiger partial charge in [-0.05, 0) is 24.0 Å². The van der Waals surface area contributed by atoms with Crippen molar-refractivity contribution >= 4 is 11.8 Å². The summed E-state index contributed by atoms with van der Waals surface area (Å²) in [6, 6.07) is 20.0. The Balaban J connectivity index is 1.24. The van der Waals surface area contributed by atoms with Gasteiger partial charge < -0.3 is 14.5 Å². The zero-order valence-corrected chi connectivity index (χ0v) is 16.8. The summed E-state index contributed by atoms with van der Waals surface area (Å²) >= 11 is 0. The topological polar surface area (TPSA) is 49.9 Å². The fourth-order valence-electron chi connectivity index (χ4n) is 4.42. The Hall–Kier alpha value is -2.66. The van der Waals surface area contributed by atoms with Crippen LogP contribution in [0.5, 0.6) is 0 Å². The number of nitrogens with zero attached hydrogens (tertiary/aromatic N) is 2. The molecule has 0 aromatic heterocycles. The van der Waals surface area contributed by atoms with Crippen LogP contribution in [0.3, 0.4) is 0 Å². The lowest BCUT2D eigenvalue weighted by atomic mass is 9.77. The maximum atomic E-state index is 12.6. The highest BCUT2D eigenvalue weighted by molar-refractivity contribution is 5.80. The number of hydrogen-bond acceptors (Lipinski definition) is 3. The number of benzene rings is 2. The summed E-state index contributed by atoms with van der Waals surface area (Å²) in [7, 11) is 0. The Labute approximate surface area is 172 Å². The summed E-state index contributed by atoms with van der Waals surface area (Å²) in [5.41, 5.74) is 2.26. The third-order valence-electron chi connectivity index (χ3n) is 6.14. The number of carbonyl (C=O) groups is 2. The van der Waals surface area contributed by atoms with Gasteiger partial charge in [0.25, 0.3) is 0 Å². The first-order chi connectivity index (χ1) is 14.1. The summed E-state index contributed by atoms with van der Waals surface area (Å²) < 4.78 is 5.60. The zero-order chi connectivity index (χ0) is 20.1. The predicted molar refractivity (Wildman–Crippen MR) is 111 cm³/mol. The third-order valence-corrected chi connectivity index (χ3v) is 6.14. The van der Waals surface area contributed by atoms with E-state index in [0.717, 1.165) is 24.9 Å². The lowest BCUT2D eigenvalue weighted by Gasteiger charge is -2.38. The lowest BCUT2D eigenvalue weighted by molar-refractivity contribution is -0.138. The minimum absolute atomic E-state index is 0.0214. The molecule has 0 radical (unpaired) electrons. The monoisotopic (exact) mass is 392 g/mol. The van der Waals surface area contributed by atoms with Crippen molar-refractivity contribution in [1.82, 2.24) is 9.80 Å². The first-order valence-corrected chi connectivity index (χ1v) is 10.3. The van der Waals surface area contributed by atoms with Gasteiger partial charge in [-0.25, -0.2) is 0 Å². The SMILES string of the molecule is O=C(COCc1ccccc1)N1CCC2(CC1)CC(=O)N(Cc1ccccc1)C2. The summed E-state index contributed by atoms with van der Waals surface area (Å²) in [4.78, 5) is 28.9. The highest BCUT2D eigenvalue weighted by Gasteiger charge is 2.45. The molecule has 29 heavy (non-hydrogen) atoms. The Morgan fingerprint density at radius 3 is 2.21 bits per heavy atom. The number of hydrogen-bond donors (Lipinski definition) is 0. The van der Waals surface area contributed by atoms with Crippen molar-refractivity contribution < 1.29 is 14.3 Å². The fraction of sp³-hybridized carbons (Fsp3) is 0.417. The molecule has 0 aliphatic carbocycles. The van der Waals surface area contributed by atoms with E-state index in [-0.39, 0.29) is 23.8 Å². The molecule has 0 bridgehead atoms. The van der Waals surface area contributed by atoms with Crippen LogP contribution < -0.4 is 0 Å². The number of carbonyl (C=O) groups excluding carboxylic acids is 2. The molecule has 5 heteroatoms. The average molecular weight is 392 g/mol. The van der Waals surface area contributed by atoms with Crippen molar-refractivity contribution in [2.75, 3.05) is 26.2 Å². The maximum Gasteiger partial charge on any atom is 0.248 e. The fourth-order valence-corrected chi connectivity index (χ4v) is 4.42. The molecule has 152 valence electrons. The largest absolute Gasteiger partial charge is 0.367 e. The van der Waals surface area contributed by atoms with Crippen LogP contribution in [-0.2, 0) is 27.5 Å². The minimum atomic E-state index is 0.0214. The Morgan fingerprint density at radius 2 is 1.55 bits per heavy atom. The summed E-state index contributed by atoms with van der Waals surface area (Å²) in [5, 5.41) is 0. The molecule has 5 nitrogen and oxygen atoms in total. The van der Waals surface area contributed by atoms with E-state index in [1.165, 1.54) is 5.56 Å². The average Bonchev–Trinajstić information content (AvgIpc) is 3.04. The van der Waals surface area contributed by atoms with Crippen LogP contribution >= 0.6 is 0 Å². The van der Waals surface area contributed by atoms with Crippen molar-refractivity contribution in [3.63, 3.8) is 0 Å². The molecular formula is C24H28N2O3. The number of likely N-dealkylation sites (tertiary alicyclic amines) is 2. The van der Waals surface area contributed by atoms with Crippen LogP contribution in [0.25, 0.3) is 0 Å². The highest BCUT2D eigenvalue weighted by Crippen LogP contribution is 2.41. The van der Waals surface area contributed by atoms with Crippen LogP contribution in [0.2, 0.25) is 0 Å². The molecule has 2 heterocycles. The molecule has 2 saturated heterocycles. The van der Waals surface area contributed by atoms with E-state index in [2.05, 4.69) is 12.1 Å². The normalized spacial score (nSPS) is 18.4. The van der Waals surface area contributed by atoms with Gasteiger partial charge in [-0.15, -0.1) is 0 Å². The second-order valence-corrected chi connectivity index (χ2v) is 8.27. The van der Waals surface area contributed by atoms with Crippen molar-refractivity contribution in [3.05, 3.63) is 71.8 Å². The third kappa shape index (κ3) is 4.85. The quantitative estimate of drug-likeness (QED) is 0.758. The molecule has 2 aliphatic rings. The van der Waals surface area contributed by atoms with Crippen LogP contribution in [-0.4, -0.2) is 47.9 Å². The molecule has 0 saturated carbocycles. The highest BCUT2D eigenvalue weighted by atomic mass is 16.5. The van der Waals surface area contributed by atoms with Crippen LogP contribution in [0.4, 0.5) is 0 Å². The molecule has 2 amide bonds. The van der Waals surface area contributed by atoms with Gasteiger partial charge in [0.15, 0.2) is 0 Å². The van der Waals surface area contributed by atoms with Gasteiger partial charge in [-0.1, -0.05) is 60.7 Å². The van der Waals surface area contributed by atoms with Crippen molar-refractivity contribution in [3.8, 4) is 0 Å². The summed E-state index contributed by atoms with van der Waals surface area (Å²) in [6.07, 6.45) is 2.37. The molecule has 0 N–H and O–H groups in total. The maximum absolute atomic E-state index is 12.6. The first kappa shape index (κ1) is 19.6. The van der Waals surface area contributed by atoms with Gasteiger partial charge in [0, 0.05) is 38.0 Å². The van der Waals surface area contributed by atoms with Gasteiger partial charge in [0.05, 0.1) is 6.61 Å². The van der Waals surface area contributed by atoms with Gasteiger partial charge in [-0.3, -0.25) is 9.59 Å². The molecule has 0 atom stereocenters. The van der Waals surface area contributed by atoms with Gasteiger partial charge >= 0.3 is 0 Å². The van der Waals surface area contributed by atoms with Crippen molar-refractivity contribution in [1.29, 1.82) is 0 Å². The van der Waals surface area contributed by atoms with Crippen LogP contribution in [0.1, 0.15) is 30.4 Å². The smallest absolute Gasteiger partial charge is 0.248 e. The molecule has 2 aromatic carbocycles. The number of ether oxygens (including phenoxy) is 1. The zero-order valence-electron chi connectivity index (χ0n) is 16.8. The molecule has 2 aromatic rings. The van der Waals surface area contributed by atoms with Gasteiger partial charge in [-0.2, -0.15) is 0 Å².